The highest BCUT2D eigenvalue weighted by Crippen LogP contribution is 2.28. The van der Waals surface area contributed by atoms with Crippen molar-refractivity contribution in [3.05, 3.63) is 29.3 Å². The first-order valence-corrected chi connectivity index (χ1v) is 8.50. The second-order valence-corrected chi connectivity index (χ2v) is 6.95. The highest BCUT2D eigenvalue weighted by molar-refractivity contribution is 8.00. The molecule has 0 saturated carbocycles. The molecule has 2 heterocycles. The lowest BCUT2D eigenvalue weighted by molar-refractivity contribution is -0.126. The lowest BCUT2D eigenvalue weighted by Crippen LogP contribution is -2.38. The van der Waals surface area contributed by atoms with Gasteiger partial charge >= 0.3 is 6.03 Å². The minimum absolute atomic E-state index is 0.263. The van der Waals surface area contributed by atoms with Crippen molar-refractivity contribution in [2.45, 2.75) is 31.2 Å². The maximum absolute atomic E-state index is 12.3. The summed E-state index contributed by atoms with van der Waals surface area (Å²) in [6, 6.07) is 5.56. The van der Waals surface area contributed by atoms with E-state index in [1.807, 2.05) is 32.0 Å². The van der Waals surface area contributed by atoms with E-state index in [4.69, 9.17) is 4.42 Å². The van der Waals surface area contributed by atoms with Crippen LogP contribution in [0.3, 0.4) is 0 Å². The zero-order chi connectivity index (χ0) is 17.3. The van der Waals surface area contributed by atoms with Crippen LogP contribution in [0.2, 0.25) is 0 Å². The predicted molar refractivity (Wildman–Crippen MR) is 89.6 cm³/mol. The first kappa shape index (κ1) is 16.5. The van der Waals surface area contributed by atoms with Crippen LogP contribution in [-0.4, -0.2) is 45.4 Å². The van der Waals surface area contributed by atoms with Crippen LogP contribution in [0.4, 0.5) is 4.79 Å². The Morgan fingerprint density at radius 2 is 2.12 bits per heavy atom. The van der Waals surface area contributed by atoms with E-state index in [0.717, 1.165) is 22.9 Å². The molecule has 0 spiro atoms. The summed E-state index contributed by atoms with van der Waals surface area (Å²) in [7, 11) is 0. The van der Waals surface area contributed by atoms with Crippen molar-refractivity contribution in [1.29, 1.82) is 0 Å². The minimum Gasteiger partial charge on any atom is -0.411 e. The largest absolute Gasteiger partial charge is 0.411 e. The van der Waals surface area contributed by atoms with E-state index in [1.165, 1.54) is 10.5 Å². The number of hydrogen-bond donors (Lipinski definition) is 1. The Balaban J connectivity index is 1.70. The Morgan fingerprint density at radius 3 is 2.79 bits per heavy atom. The van der Waals surface area contributed by atoms with Crippen molar-refractivity contribution >= 4 is 23.7 Å². The molecule has 0 unspecified atom stereocenters. The lowest BCUT2D eigenvalue weighted by Gasteiger charge is -2.15. The molecule has 0 radical (unpaired) electrons. The maximum Gasteiger partial charge on any atom is 0.324 e. The fourth-order valence-electron chi connectivity index (χ4n) is 2.35. The average Bonchev–Trinajstić information content (AvgIpc) is 3.18. The van der Waals surface area contributed by atoms with Gasteiger partial charge in [0.1, 0.15) is 0 Å². The molecule has 1 atom stereocenters. The number of benzene rings is 1. The van der Waals surface area contributed by atoms with Crippen LogP contribution in [-0.2, 0) is 4.79 Å². The van der Waals surface area contributed by atoms with E-state index >= 15 is 0 Å². The zero-order valence-corrected chi connectivity index (χ0v) is 14.5. The summed E-state index contributed by atoms with van der Waals surface area (Å²) in [4.78, 5) is 25.0. The summed E-state index contributed by atoms with van der Waals surface area (Å²) in [5.41, 5.74) is 3.18. The summed E-state index contributed by atoms with van der Waals surface area (Å²) in [5.74, 6) is 0.153. The number of nitrogens with one attached hydrogen (secondary N) is 1. The lowest BCUT2D eigenvalue weighted by atomic mass is 10.1. The number of urea groups is 1. The van der Waals surface area contributed by atoms with Gasteiger partial charge in [-0.2, -0.15) is 0 Å². The quantitative estimate of drug-likeness (QED) is 0.855. The molecule has 3 amide bonds. The molecule has 1 fully saturated rings. The Bertz CT molecular complexity index is 789. The van der Waals surface area contributed by atoms with E-state index in [2.05, 4.69) is 15.5 Å². The Kier molecular flexibility index (Phi) is 4.57. The van der Waals surface area contributed by atoms with E-state index in [0.29, 0.717) is 24.2 Å². The Morgan fingerprint density at radius 1 is 1.33 bits per heavy atom. The van der Waals surface area contributed by atoms with E-state index in [-0.39, 0.29) is 11.9 Å². The van der Waals surface area contributed by atoms with E-state index in [9.17, 15) is 9.59 Å². The van der Waals surface area contributed by atoms with Gasteiger partial charge < -0.3 is 9.73 Å². The number of aromatic nitrogens is 2. The molecule has 3 rings (SSSR count). The van der Waals surface area contributed by atoms with Crippen molar-refractivity contribution in [3.63, 3.8) is 0 Å². The highest BCUT2D eigenvalue weighted by Gasteiger charge is 2.31. The van der Waals surface area contributed by atoms with Gasteiger partial charge in [0.05, 0.1) is 5.25 Å². The molecule has 126 valence electrons. The third kappa shape index (κ3) is 3.28. The van der Waals surface area contributed by atoms with E-state index in [1.54, 1.807) is 6.92 Å². The monoisotopic (exact) mass is 346 g/mol. The standard InChI is InChI=1S/C16H18N4O3S/c1-9-4-5-12(8-10(9)2)13-18-19-16(23-13)24-11(3)14(21)20-7-6-17-15(20)22/h4-5,8,11H,6-7H2,1-3H3,(H,17,22)/t11-/m0/s1. The number of aryl methyl sites for hydroxylation is 2. The van der Waals surface area contributed by atoms with E-state index < -0.39 is 5.25 Å². The number of amides is 3. The third-order valence-electron chi connectivity index (χ3n) is 3.91. The molecule has 1 N–H and O–H groups in total. The number of hydrogen-bond acceptors (Lipinski definition) is 6. The maximum atomic E-state index is 12.3. The van der Waals surface area contributed by atoms with Crippen LogP contribution in [0.15, 0.2) is 27.8 Å². The molecule has 0 bridgehead atoms. The molecule has 2 aromatic rings. The molecule has 1 aliphatic rings. The van der Waals surface area contributed by atoms with Gasteiger partial charge in [-0.3, -0.25) is 9.69 Å². The SMILES string of the molecule is Cc1ccc(-c2nnc(S[C@@H](C)C(=O)N3CCNC3=O)o2)cc1C. The summed E-state index contributed by atoms with van der Waals surface area (Å²) in [6.07, 6.45) is 0. The van der Waals surface area contributed by atoms with Gasteiger partial charge in [0.2, 0.25) is 11.8 Å². The third-order valence-corrected chi connectivity index (χ3v) is 4.83. The van der Waals surface area contributed by atoms with Crippen LogP contribution in [0.25, 0.3) is 11.5 Å². The first-order chi connectivity index (χ1) is 11.5. The summed E-state index contributed by atoms with van der Waals surface area (Å²) >= 11 is 1.15. The second kappa shape index (κ2) is 6.64. The van der Waals surface area contributed by atoms with Gasteiger partial charge in [0, 0.05) is 18.7 Å². The fourth-order valence-corrected chi connectivity index (χ4v) is 3.10. The molecule has 24 heavy (non-hydrogen) atoms. The molecular weight excluding hydrogens is 328 g/mol. The average molecular weight is 346 g/mol. The molecule has 1 aromatic carbocycles. The minimum atomic E-state index is -0.484. The number of nitrogens with zero attached hydrogens (tertiary/aromatic N) is 3. The van der Waals surface area contributed by atoms with Crippen molar-refractivity contribution in [2.75, 3.05) is 13.1 Å². The predicted octanol–water partition coefficient (Wildman–Crippen LogP) is 2.39. The number of carbonyl (C=O) groups is 2. The smallest absolute Gasteiger partial charge is 0.324 e. The highest BCUT2D eigenvalue weighted by atomic mass is 32.2. The number of rotatable bonds is 4. The van der Waals surface area contributed by atoms with Gasteiger partial charge in [-0.05, 0) is 44.0 Å². The summed E-state index contributed by atoms with van der Waals surface area (Å²) in [6.45, 7) is 6.65. The molecule has 0 aliphatic carbocycles. The molecule has 1 aliphatic heterocycles. The fraction of sp³-hybridized carbons (Fsp3) is 0.375. The van der Waals surface area contributed by atoms with Crippen molar-refractivity contribution in [2.24, 2.45) is 0 Å². The van der Waals surface area contributed by atoms with Crippen LogP contribution < -0.4 is 5.32 Å². The number of imide groups is 1. The van der Waals surface area contributed by atoms with Crippen molar-refractivity contribution < 1.29 is 14.0 Å². The molecule has 1 saturated heterocycles. The topological polar surface area (TPSA) is 88.3 Å². The van der Waals surface area contributed by atoms with Gasteiger partial charge in [0.15, 0.2) is 0 Å². The van der Waals surface area contributed by atoms with Gasteiger partial charge in [0.25, 0.3) is 5.22 Å². The number of thioether (sulfide) groups is 1. The van der Waals surface area contributed by atoms with Crippen LogP contribution >= 0.6 is 11.8 Å². The zero-order valence-electron chi connectivity index (χ0n) is 13.7. The molecule has 8 heteroatoms. The van der Waals surface area contributed by atoms with Gasteiger partial charge in [-0.15, -0.1) is 10.2 Å². The summed E-state index contributed by atoms with van der Waals surface area (Å²) < 4.78 is 5.64. The molecule has 1 aromatic heterocycles. The van der Waals surface area contributed by atoms with Crippen molar-refractivity contribution in [1.82, 2.24) is 20.4 Å². The Labute approximate surface area is 143 Å². The van der Waals surface area contributed by atoms with Crippen molar-refractivity contribution in [3.8, 4) is 11.5 Å². The van der Waals surface area contributed by atoms with Crippen LogP contribution in [0.1, 0.15) is 18.1 Å². The van der Waals surface area contributed by atoms with Crippen LogP contribution in [0.5, 0.6) is 0 Å². The second-order valence-electron chi connectivity index (χ2n) is 5.65. The number of carbonyl (C=O) groups excluding carboxylic acids is 2. The molecule has 7 nitrogen and oxygen atoms in total. The first-order valence-electron chi connectivity index (χ1n) is 7.62. The normalized spacial score (nSPS) is 15.5. The summed E-state index contributed by atoms with van der Waals surface area (Å²) in [5, 5.41) is 10.5. The van der Waals surface area contributed by atoms with Gasteiger partial charge in [-0.25, -0.2) is 4.79 Å². The van der Waals surface area contributed by atoms with Gasteiger partial charge in [-0.1, -0.05) is 17.8 Å². The Hall–Kier alpha value is -2.35. The molecular formula is C16H18N4O3S. The van der Waals surface area contributed by atoms with Crippen LogP contribution in [0, 0.1) is 13.8 Å².